The highest BCUT2D eigenvalue weighted by Crippen LogP contribution is 2.55. The van der Waals surface area contributed by atoms with Crippen LogP contribution in [0.1, 0.15) is 0 Å². The number of para-hydroxylation sites is 7. The second-order valence-corrected chi connectivity index (χ2v) is 30.2. The van der Waals surface area contributed by atoms with Crippen molar-refractivity contribution in [2.24, 2.45) is 0 Å². The summed E-state index contributed by atoms with van der Waals surface area (Å²) in [6.45, 7) is -0.369. The molecule has 0 atom stereocenters. The van der Waals surface area contributed by atoms with Crippen LogP contribution in [0.4, 0.5) is 34.1 Å². The number of fused-ring (bicyclic) bond motifs is 26. The van der Waals surface area contributed by atoms with Crippen LogP contribution in [0.15, 0.2) is 352 Å². The Morgan fingerprint density at radius 2 is 0.648 bits per heavy atom. The highest BCUT2D eigenvalue weighted by molar-refractivity contribution is 6.91. The maximum Gasteiger partial charge on any atom is 0.333 e. The summed E-state index contributed by atoms with van der Waals surface area (Å²) in [6, 6.07) is 134. The van der Waals surface area contributed by atoms with Gasteiger partial charge in [-0.1, -0.05) is 255 Å². The van der Waals surface area contributed by atoms with Crippen LogP contribution in [-0.4, -0.2) is 31.8 Å². The standard InChI is InChI=1S/C100H58B2N6/c1-3-30-68(31-4-1)105-84-42-17-15-35-74(84)81-57-90-96-94(100(81)105)79-41-21-38-76-80-52-67(46-49-86(80)108(99(76)79)102(96)83-54-64-27-12-13-28-65(64)55-87(83)103(90)70-47-44-59-22-7-9-24-61(59)50-70)72-36-19-39-77-92-89(106(97(72)77)69-32-5-2-6-33-69)58-91-95-93(92)78-40-20-37-75-73-34-16-18-43-85(73)107(98(75)78)101(95)82-53-63-26-11-14-29-66(63)56-88(82)104(91)71-48-45-60-23-8-10-25-62(60)51-71/h1-58H. The zero-order chi connectivity index (χ0) is 69.9. The molecule has 0 spiro atoms. The molecule has 494 valence electrons. The van der Waals surface area contributed by atoms with Crippen LogP contribution in [0, 0.1) is 0 Å². The Morgan fingerprint density at radius 1 is 0.213 bits per heavy atom. The van der Waals surface area contributed by atoms with Crippen molar-refractivity contribution in [3.63, 3.8) is 0 Å². The van der Waals surface area contributed by atoms with Crippen molar-refractivity contribution in [2.75, 3.05) is 9.80 Å². The van der Waals surface area contributed by atoms with Gasteiger partial charge < -0.3 is 27.9 Å². The first-order valence-corrected chi connectivity index (χ1v) is 37.7. The highest BCUT2D eigenvalue weighted by atomic mass is 15.2. The summed E-state index contributed by atoms with van der Waals surface area (Å²) in [5, 5.41) is 19.7. The number of aromatic nitrogens is 4. The van der Waals surface area contributed by atoms with E-state index in [9.17, 15) is 0 Å². The van der Waals surface area contributed by atoms with Gasteiger partial charge in [0.25, 0.3) is 0 Å². The van der Waals surface area contributed by atoms with Gasteiger partial charge in [-0.25, -0.2) is 0 Å². The van der Waals surface area contributed by atoms with E-state index in [1.165, 1.54) is 197 Å². The maximum atomic E-state index is 2.75. The van der Waals surface area contributed by atoms with E-state index in [-0.39, 0.29) is 13.7 Å². The second-order valence-electron chi connectivity index (χ2n) is 30.2. The second kappa shape index (κ2) is 20.9. The fourth-order valence-corrected chi connectivity index (χ4v) is 20.6. The van der Waals surface area contributed by atoms with E-state index in [1.54, 1.807) is 0 Å². The molecule has 4 aliphatic heterocycles. The Kier molecular flexibility index (Phi) is 11.1. The molecule has 108 heavy (non-hydrogen) atoms. The van der Waals surface area contributed by atoms with Crippen LogP contribution in [0.5, 0.6) is 0 Å². The molecule has 0 saturated heterocycles. The summed E-state index contributed by atoms with van der Waals surface area (Å²) in [7, 11) is 0. The largest absolute Gasteiger partial charge is 0.375 e. The van der Waals surface area contributed by atoms with E-state index in [0.717, 1.165) is 33.8 Å². The number of anilines is 6. The van der Waals surface area contributed by atoms with Gasteiger partial charge in [-0.3, -0.25) is 0 Å². The Balaban J connectivity index is 0.778. The molecule has 26 rings (SSSR count). The molecule has 4 aromatic heterocycles. The lowest BCUT2D eigenvalue weighted by Gasteiger charge is -2.41. The molecule has 0 N–H and O–H groups in total. The molecular weight excluding hydrogens is 1310 g/mol. The zero-order valence-corrected chi connectivity index (χ0v) is 58.3. The molecule has 0 aliphatic carbocycles. The first-order valence-electron chi connectivity index (χ1n) is 37.7. The van der Waals surface area contributed by atoms with Crippen molar-refractivity contribution >= 4 is 200 Å². The predicted octanol–water partition coefficient (Wildman–Crippen LogP) is 23.2. The zero-order valence-electron chi connectivity index (χ0n) is 58.3. The molecule has 6 nitrogen and oxygen atoms in total. The van der Waals surface area contributed by atoms with Crippen LogP contribution in [-0.2, 0) is 0 Å². The Bertz CT molecular complexity index is 7850. The lowest BCUT2D eigenvalue weighted by atomic mass is 9.44. The molecule has 0 radical (unpaired) electrons. The molecule has 22 aromatic rings. The van der Waals surface area contributed by atoms with Crippen molar-refractivity contribution in [1.82, 2.24) is 18.1 Å². The van der Waals surface area contributed by atoms with Gasteiger partial charge in [0.2, 0.25) is 0 Å². The molecule has 0 amide bonds. The predicted molar refractivity (Wildman–Crippen MR) is 458 cm³/mol. The lowest BCUT2D eigenvalue weighted by Crippen LogP contribution is -2.56. The summed E-state index contributed by atoms with van der Waals surface area (Å²) >= 11 is 0. The van der Waals surface area contributed by atoms with Gasteiger partial charge in [-0.15, -0.1) is 0 Å². The third kappa shape index (κ3) is 7.38. The molecular formula is C100H58B2N6. The summed E-state index contributed by atoms with van der Waals surface area (Å²) in [5.74, 6) is 0. The van der Waals surface area contributed by atoms with E-state index in [1.807, 2.05) is 0 Å². The van der Waals surface area contributed by atoms with Gasteiger partial charge in [0.05, 0.1) is 22.1 Å². The molecule has 8 heteroatoms. The van der Waals surface area contributed by atoms with E-state index < -0.39 is 0 Å². The Labute approximate surface area is 620 Å². The molecule has 0 saturated carbocycles. The molecule has 0 fully saturated rings. The minimum absolute atomic E-state index is 0.157. The van der Waals surface area contributed by atoms with E-state index in [2.05, 4.69) is 380 Å². The van der Waals surface area contributed by atoms with Gasteiger partial charge >= 0.3 is 13.7 Å². The monoisotopic (exact) mass is 1360 g/mol. The van der Waals surface area contributed by atoms with Gasteiger partial charge in [0.1, 0.15) is 0 Å². The van der Waals surface area contributed by atoms with Crippen LogP contribution in [0.25, 0.3) is 175 Å². The topological polar surface area (TPSA) is 26.2 Å². The highest BCUT2D eigenvalue weighted by Gasteiger charge is 2.47. The SMILES string of the molecule is c1ccc(-n2c3ccccc3c3cc4c5c(c32)-c2cccc3c6cc(-c7cccc8c9c%10c%11c(cc9n(-c9ccccc9)c78)N(c7ccc8ccccc8c7)c7cc8ccccc8cc7B%11n7c8ccccc8c8cccc-%10c87)ccc6n(c23)B5c2cc3ccccc3cc2N4c2ccc3ccccc3c2)cc1. The fraction of sp³-hybridized carbons (Fsp3) is 0. The molecule has 0 unspecified atom stereocenters. The van der Waals surface area contributed by atoms with Crippen molar-refractivity contribution in [3.05, 3.63) is 352 Å². The number of hydrogen-bond donors (Lipinski definition) is 0. The Morgan fingerprint density at radius 3 is 1.24 bits per heavy atom. The van der Waals surface area contributed by atoms with Crippen molar-refractivity contribution in [3.8, 4) is 44.8 Å². The fourth-order valence-electron chi connectivity index (χ4n) is 20.6. The van der Waals surface area contributed by atoms with Gasteiger partial charge in [-0.05, 0) is 173 Å². The molecule has 0 bridgehead atoms. The maximum absolute atomic E-state index is 2.75. The quantitative estimate of drug-likeness (QED) is 0.161. The number of benzene rings is 18. The summed E-state index contributed by atoms with van der Waals surface area (Å²) < 4.78 is 10.6. The van der Waals surface area contributed by atoms with Crippen LogP contribution in [0.2, 0.25) is 0 Å². The third-order valence-electron chi connectivity index (χ3n) is 24.9. The van der Waals surface area contributed by atoms with Crippen LogP contribution in [0.3, 0.4) is 0 Å². The minimum atomic E-state index is -0.212. The molecule has 8 heterocycles. The number of nitrogens with zero attached hydrogens (tertiary/aromatic N) is 6. The summed E-state index contributed by atoms with van der Waals surface area (Å²) in [4.78, 5) is 5.21. The third-order valence-corrected chi connectivity index (χ3v) is 24.9. The Hall–Kier alpha value is -14.1. The van der Waals surface area contributed by atoms with Crippen molar-refractivity contribution in [2.45, 2.75) is 0 Å². The van der Waals surface area contributed by atoms with E-state index >= 15 is 0 Å². The van der Waals surface area contributed by atoms with Crippen LogP contribution >= 0.6 is 0 Å². The smallest absolute Gasteiger partial charge is 0.333 e. The van der Waals surface area contributed by atoms with Crippen molar-refractivity contribution < 1.29 is 0 Å². The van der Waals surface area contributed by atoms with Gasteiger partial charge in [0.15, 0.2) is 0 Å². The van der Waals surface area contributed by atoms with E-state index in [0.29, 0.717) is 0 Å². The van der Waals surface area contributed by atoms with Crippen LogP contribution < -0.4 is 31.7 Å². The van der Waals surface area contributed by atoms with E-state index in [4.69, 9.17) is 0 Å². The normalized spacial score (nSPS) is 13.3. The molecule has 18 aromatic carbocycles. The van der Waals surface area contributed by atoms with Crippen molar-refractivity contribution in [1.29, 1.82) is 0 Å². The first kappa shape index (κ1) is 57.3. The first-order chi connectivity index (χ1) is 53.6. The van der Waals surface area contributed by atoms with Gasteiger partial charge in [-0.2, -0.15) is 0 Å². The number of hydrogen-bond acceptors (Lipinski definition) is 2. The average Bonchev–Trinajstić information content (AvgIpc) is 1.45. The lowest BCUT2D eigenvalue weighted by molar-refractivity contribution is 1.18. The number of rotatable bonds is 5. The van der Waals surface area contributed by atoms with Gasteiger partial charge in [0, 0.05) is 133 Å². The minimum Gasteiger partial charge on any atom is -0.375 e. The summed E-state index contributed by atoms with van der Waals surface area (Å²) in [6.07, 6.45) is 0. The molecule has 4 aliphatic rings. The average molecular weight is 1370 g/mol. The summed E-state index contributed by atoms with van der Waals surface area (Å²) in [5.41, 5.74) is 31.5.